The highest BCUT2D eigenvalue weighted by Crippen LogP contribution is 2.22. The summed E-state index contributed by atoms with van der Waals surface area (Å²) in [6.45, 7) is 6.18. The average molecular weight is 323 g/mol. The lowest BCUT2D eigenvalue weighted by Gasteiger charge is -2.10. The third-order valence-electron chi connectivity index (χ3n) is 2.93. The number of pyridine rings is 1. The molecule has 0 atom stereocenters. The fourth-order valence-corrected chi connectivity index (χ4v) is 2.59. The lowest BCUT2D eigenvalue weighted by molar-refractivity contribution is 0.608. The number of benzene rings is 1. The number of rotatable bonds is 3. The monoisotopic (exact) mass is 322 g/mol. The topological polar surface area (TPSA) is 24.9 Å². The molecule has 2 nitrogen and oxygen atoms in total. The van der Waals surface area contributed by atoms with Crippen molar-refractivity contribution in [3.63, 3.8) is 0 Å². The first-order chi connectivity index (χ1) is 8.97. The smallest absolute Gasteiger partial charge is 0.140 e. The number of halogens is 2. The van der Waals surface area contributed by atoms with Crippen LogP contribution in [0.2, 0.25) is 0 Å². The van der Waals surface area contributed by atoms with Gasteiger partial charge in [-0.15, -0.1) is 0 Å². The lowest BCUT2D eigenvalue weighted by Crippen LogP contribution is -2.04. The van der Waals surface area contributed by atoms with E-state index in [1.54, 1.807) is 13.8 Å². The Hall–Kier alpha value is -1.42. The first-order valence-corrected chi connectivity index (χ1v) is 6.88. The summed E-state index contributed by atoms with van der Waals surface area (Å²) >= 11 is 3.48. The van der Waals surface area contributed by atoms with E-state index in [4.69, 9.17) is 0 Å². The molecule has 0 fully saturated rings. The minimum absolute atomic E-state index is 0.126. The Bertz CT molecular complexity index is 588. The average Bonchev–Trinajstić information content (AvgIpc) is 2.34. The van der Waals surface area contributed by atoms with Crippen LogP contribution in [0.25, 0.3) is 0 Å². The molecule has 2 aromatic rings. The normalized spacial score (nSPS) is 10.6. The van der Waals surface area contributed by atoms with Crippen molar-refractivity contribution in [2.24, 2.45) is 0 Å². The van der Waals surface area contributed by atoms with Crippen LogP contribution in [-0.2, 0) is 6.54 Å². The maximum atomic E-state index is 13.5. The van der Waals surface area contributed by atoms with Crippen molar-refractivity contribution < 1.29 is 4.39 Å². The van der Waals surface area contributed by atoms with Crippen LogP contribution in [0.15, 0.2) is 28.9 Å². The molecule has 19 heavy (non-hydrogen) atoms. The number of nitrogens with zero attached hydrogens (tertiary/aromatic N) is 1. The molecule has 0 saturated carbocycles. The van der Waals surface area contributed by atoms with Crippen molar-refractivity contribution in [1.29, 1.82) is 0 Å². The van der Waals surface area contributed by atoms with Crippen molar-refractivity contribution >= 4 is 21.7 Å². The fraction of sp³-hybridized carbons (Fsp3) is 0.267. The van der Waals surface area contributed by atoms with Gasteiger partial charge in [0.25, 0.3) is 0 Å². The summed E-state index contributed by atoms with van der Waals surface area (Å²) in [5, 5.41) is 3.25. The molecule has 0 amide bonds. The number of hydrogen-bond acceptors (Lipinski definition) is 2. The van der Waals surface area contributed by atoms with Gasteiger partial charge in [0.15, 0.2) is 0 Å². The van der Waals surface area contributed by atoms with Gasteiger partial charge in [-0.05, 0) is 65.0 Å². The standard InChI is InChI=1S/C15H16BrFN2/c1-9-4-13(16)15(18-7-9)19-8-12-5-10(2)14(17)11(3)6-12/h4-7H,8H2,1-3H3,(H,18,19). The molecule has 1 aromatic heterocycles. The second-order valence-corrected chi connectivity index (χ2v) is 5.59. The predicted molar refractivity (Wildman–Crippen MR) is 79.9 cm³/mol. The Labute approximate surface area is 121 Å². The van der Waals surface area contributed by atoms with Crippen LogP contribution in [0, 0.1) is 26.6 Å². The van der Waals surface area contributed by atoms with Gasteiger partial charge >= 0.3 is 0 Å². The fourth-order valence-electron chi connectivity index (χ4n) is 1.99. The van der Waals surface area contributed by atoms with Crippen LogP contribution in [0.5, 0.6) is 0 Å². The van der Waals surface area contributed by atoms with Crippen LogP contribution in [0.3, 0.4) is 0 Å². The molecule has 100 valence electrons. The molecule has 4 heteroatoms. The van der Waals surface area contributed by atoms with Crippen LogP contribution in [0.1, 0.15) is 22.3 Å². The maximum absolute atomic E-state index is 13.5. The largest absolute Gasteiger partial charge is 0.365 e. The minimum Gasteiger partial charge on any atom is -0.365 e. The molecule has 1 aromatic carbocycles. The number of hydrogen-bond donors (Lipinski definition) is 1. The zero-order valence-electron chi connectivity index (χ0n) is 11.2. The molecule has 0 aliphatic carbocycles. The molecule has 1 heterocycles. The quantitative estimate of drug-likeness (QED) is 0.898. The van der Waals surface area contributed by atoms with Crippen LogP contribution in [0.4, 0.5) is 10.2 Å². The Morgan fingerprint density at radius 2 is 1.79 bits per heavy atom. The first kappa shape index (κ1) is 14.0. The Kier molecular flexibility index (Phi) is 4.20. The van der Waals surface area contributed by atoms with E-state index in [2.05, 4.69) is 26.2 Å². The van der Waals surface area contributed by atoms with E-state index < -0.39 is 0 Å². The van der Waals surface area contributed by atoms with Gasteiger partial charge in [-0.25, -0.2) is 9.37 Å². The minimum atomic E-state index is -0.126. The van der Waals surface area contributed by atoms with Crippen LogP contribution >= 0.6 is 15.9 Å². The second kappa shape index (κ2) is 5.70. The molecule has 0 radical (unpaired) electrons. The van der Waals surface area contributed by atoms with Crippen molar-refractivity contribution in [1.82, 2.24) is 4.98 Å². The molecule has 0 aliphatic rings. The molecule has 0 saturated heterocycles. The van der Waals surface area contributed by atoms with Crippen molar-refractivity contribution in [3.8, 4) is 0 Å². The summed E-state index contributed by atoms with van der Waals surface area (Å²) in [7, 11) is 0. The van der Waals surface area contributed by atoms with Gasteiger partial charge in [0.05, 0.1) is 4.47 Å². The second-order valence-electron chi connectivity index (χ2n) is 4.74. The Morgan fingerprint density at radius 1 is 1.16 bits per heavy atom. The van der Waals surface area contributed by atoms with Gasteiger partial charge in [0.2, 0.25) is 0 Å². The van der Waals surface area contributed by atoms with E-state index >= 15 is 0 Å². The summed E-state index contributed by atoms with van der Waals surface area (Å²) in [4.78, 5) is 4.32. The number of aryl methyl sites for hydroxylation is 3. The SMILES string of the molecule is Cc1cnc(NCc2cc(C)c(F)c(C)c2)c(Br)c1. The van der Waals surface area contributed by atoms with Gasteiger partial charge in [-0.1, -0.05) is 12.1 Å². The molecular weight excluding hydrogens is 307 g/mol. The first-order valence-electron chi connectivity index (χ1n) is 6.09. The molecule has 0 bridgehead atoms. The van der Waals surface area contributed by atoms with E-state index in [0.29, 0.717) is 17.7 Å². The molecule has 2 rings (SSSR count). The number of nitrogens with one attached hydrogen (secondary N) is 1. The van der Waals surface area contributed by atoms with Crippen LogP contribution in [-0.4, -0.2) is 4.98 Å². The van der Waals surface area contributed by atoms with Gasteiger partial charge in [0, 0.05) is 12.7 Å². The summed E-state index contributed by atoms with van der Waals surface area (Å²) in [6.07, 6.45) is 1.81. The Morgan fingerprint density at radius 3 is 2.37 bits per heavy atom. The third kappa shape index (κ3) is 3.32. The summed E-state index contributed by atoms with van der Waals surface area (Å²) in [5.74, 6) is 0.670. The zero-order chi connectivity index (χ0) is 14.0. The van der Waals surface area contributed by atoms with E-state index in [1.807, 2.05) is 31.3 Å². The third-order valence-corrected chi connectivity index (χ3v) is 3.54. The molecule has 0 aliphatic heterocycles. The van der Waals surface area contributed by atoms with Gasteiger partial charge < -0.3 is 5.32 Å². The molecule has 0 spiro atoms. The summed E-state index contributed by atoms with van der Waals surface area (Å²) in [6, 6.07) is 5.73. The predicted octanol–water partition coefficient (Wildman–Crippen LogP) is 4.52. The number of aromatic nitrogens is 1. The van der Waals surface area contributed by atoms with E-state index in [0.717, 1.165) is 21.4 Å². The van der Waals surface area contributed by atoms with E-state index in [-0.39, 0.29) is 5.82 Å². The van der Waals surface area contributed by atoms with Gasteiger partial charge in [-0.2, -0.15) is 0 Å². The van der Waals surface area contributed by atoms with E-state index in [1.165, 1.54) is 0 Å². The van der Waals surface area contributed by atoms with Crippen molar-refractivity contribution in [2.75, 3.05) is 5.32 Å². The van der Waals surface area contributed by atoms with Gasteiger partial charge in [-0.3, -0.25) is 0 Å². The number of anilines is 1. The van der Waals surface area contributed by atoms with Crippen molar-refractivity contribution in [2.45, 2.75) is 27.3 Å². The maximum Gasteiger partial charge on any atom is 0.140 e. The molecule has 0 unspecified atom stereocenters. The lowest BCUT2D eigenvalue weighted by atomic mass is 10.1. The highest BCUT2D eigenvalue weighted by atomic mass is 79.9. The zero-order valence-corrected chi connectivity index (χ0v) is 12.8. The van der Waals surface area contributed by atoms with Crippen molar-refractivity contribution in [3.05, 3.63) is 56.9 Å². The molecule has 1 N–H and O–H groups in total. The van der Waals surface area contributed by atoms with Crippen LogP contribution < -0.4 is 5.32 Å². The molecular formula is C15H16BrFN2. The van der Waals surface area contributed by atoms with Gasteiger partial charge in [0.1, 0.15) is 11.6 Å². The highest BCUT2D eigenvalue weighted by molar-refractivity contribution is 9.10. The Balaban J connectivity index is 2.14. The highest BCUT2D eigenvalue weighted by Gasteiger charge is 2.06. The summed E-state index contributed by atoms with van der Waals surface area (Å²) < 4.78 is 14.5. The summed E-state index contributed by atoms with van der Waals surface area (Å²) in [5.41, 5.74) is 3.50. The van der Waals surface area contributed by atoms with E-state index in [9.17, 15) is 4.39 Å².